The smallest absolute Gasteiger partial charge is 0.238 e. The Morgan fingerprint density at radius 2 is 1.84 bits per heavy atom. The zero-order valence-corrected chi connectivity index (χ0v) is 22.3. The van der Waals surface area contributed by atoms with Crippen molar-refractivity contribution in [2.24, 2.45) is 5.41 Å². The number of carbonyl (C=O) groups excluding carboxylic acids is 2. The van der Waals surface area contributed by atoms with Gasteiger partial charge in [-0.3, -0.25) is 9.59 Å². The Hall–Kier alpha value is -2.62. The first-order valence-electron chi connectivity index (χ1n) is 12.7. The Morgan fingerprint density at radius 1 is 1.18 bits per heavy atom. The summed E-state index contributed by atoms with van der Waals surface area (Å²) in [4.78, 5) is 27.7. The lowest BCUT2D eigenvalue weighted by Crippen LogP contribution is -2.57. The van der Waals surface area contributed by atoms with Crippen LogP contribution in [0.4, 0.5) is 18.9 Å². The minimum absolute atomic E-state index is 0.0231. The maximum absolute atomic E-state index is 15.7. The van der Waals surface area contributed by atoms with Crippen LogP contribution in [0.15, 0.2) is 30.3 Å². The highest BCUT2D eigenvalue weighted by atomic mass is 35.5. The van der Waals surface area contributed by atoms with Crippen LogP contribution in [0.5, 0.6) is 0 Å². The molecule has 2 heterocycles. The first-order valence-corrected chi connectivity index (χ1v) is 13.1. The van der Waals surface area contributed by atoms with Crippen molar-refractivity contribution in [2.45, 2.75) is 82.0 Å². The van der Waals surface area contributed by atoms with Crippen LogP contribution >= 0.6 is 11.6 Å². The Kier molecular flexibility index (Phi) is 6.36. The molecule has 0 unspecified atom stereocenters. The molecule has 1 aliphatic carbocycles. The summed E-state index contributed by atoms with van der Waals surface area (Å²) >= 11 is 6.15. The zero-order valence-electron chi connectivity index (χ0n) is 21.6. The number of rotatable bonds is 4. The first-order chi connectivity index (χ1) is 17.6. The minimum Gasteiger partial charge on any atom is -0.390 e. The quantitative estimate of drug-likeness (QED) is 0.451. The maximum Gasteiger partial charge on any atom is 0.238 e. The molecule has 10 heteroatoms. The molecule has 0 radical (unpaired) electrons. The van der Waals surface area contributed by atoms with E-state index in [4.69, 9.17) is 11.6 Å². The van der Waals surface area contributed by atoms with Gasteiger partial charge in [0.1, 0.15) is 11.2 Å². The Labute approximate surface area is 224 Å². The number of fused-ring (bicyclic) bond motifs is 2. The van der Waals surface area contributed by atoms with Gasteiger partial charge in [-0.2, -0.15) is 0 Å². The summed E-state index contributed by atoms with van der Waals surface area (Å²) in [5.74, 6) is -5.26. The summed E-state index contributed by atoms with van der Waals surface area (Å²) in [5.41, 5.74) is -2.62. The van der Waals surface area contributed by atoms with E-state index < -0.39 is 58.3 Å². The highest BCUT2D eigenvalue weighted by molar-refractivity contribution is 6.30. The van der Waals surface area contributed by atoms with E-state index in [9.17, 15) is 23.5 Å². The second-order valence-corrected chi connectivity index (χ2v) is 12.7. The molecule has 6 nitrogen and oxygen atoms in total. The van der Waals surface area contributed by atoms with E-state index in [0.29, 0.717) is 19.3 Å². The van der Waals surface area contributed by atoms with Crippen molar-refractivity contribution in [3.8, 4) is 0 Å². The molecule has 5 rings (SSSR count). The van der Waals surface area contributed by atoms with Gasteiger partial charge in [-0.15, -0.1) is 0 Å². The fourth-order valence-electron chi connectivity index (χ4n) is 6.56. The molecule has 1 saturated carbocycles. The van der Waals surface area contributed by atoms with Gasteiger partial charge in [-0.25, -0.2) is 13.2 Å². The number of hydrogen-bond donors (Lipinski definition) is 4. The third kappa shape index (κ3) is 4.28. The molecule has 38 heavy (non-hydrogen) atoms. The molecule has 3 aliphatic rings. The van der Waals surface area contributed by atoms with Gasteiger partial charge in [0.05, 0.1) is 16.7 Å². The second kappa shape index (κ2) is 8.96. The first kappa shape index (κ1) is 27.0. The second-order valence-electron chi connectivity index (χ2n) is 12.3. The monoisotopic (exact) mass is 549 g/mol. The molecule has 1 saturated heterocycles. The SMILES string of the molecule is CC(C)(C)C[C@@H]1N[C@@H](C(=O)NC2CC(C)(O)C2)[C@H](c2cccc(Cl)c2F)[C@]12C(=O)Nc1cc(F)c(F)cc12. The summed E-state index contributed by atoms with van der Waals surface area (Å²) in [6.07, 6.45) is 1.07. The Balaban J connectivity index is 1.71. The molecule has 2 aromatic carbocycles. The van der Waals surface area contributed by atoms with Crippen LogP contribution in [-0.4, -0.2) is 40.6 Å². The lowest BCUT2D eigenvalue weighted by atomic mass is 9.62. The third-order valence-electron chi connectivity index (χ3n) is 8.02. The molecule has 204 valence electrons. The van der Waals surface area contributed by atoms with Crippen molar-refractivity contribution >= 4 is 29.1 Å². The molecule has 2 fully saturated rings. The number of anilines is 1. The topological polar surface area (TPSA) is 90.5 Å². The van der Waals surface area contributed by atoms with Gasteiger partial charge in [-0.1, -0.05) is 44.5 Å². The zero-order chi connectivity index (χ0) is 27.8. The maximum atomic E-state index is 15.7. The number of nitrogens with one attached hydrogen (secondary N) is 3. The predicted octanol–water partition coefficient (Wildman–Crippen LogP) is 4.54. The lowest BCUT2D eigenvalue weighted by molar-refractivity contribution is -0.127. The van der Waals surface area contributed by atoms with Gasteiger partial charge < -0.3 is 21.1 Å². The van der Waals surface area contributed by atoms with Crippen LogP contribution in [0.3, 0.4) is 0 Å². The third-order valence-corrected chi connectivity index (χ3v) is 8.31. The number of carbonyl (C=O) groups is 2. The predicted molar refractivity (Wildman–Crippen MR) is 137 cm³/mol. The number of halogens is 4. The van der Waals surface area contributed by atoms with E-state index in [1.54, 1.807) is 6.92 Å². The van der Waals surface area contributed by atoms with Gasteiger partial charge in [0.15, 0.2) is 11.6 Å². The summed E-state index contributed by atoms with van der Waals surface area (Å²) < 4.78 is 44.6. The molecular formula is C28H31ClF3N3O3. The largest absolute Gasteiger partial charge is 0.390 e. The minimum atomic E-state index is -1.64. The normalized spacial score (nSPS) is 32.2. The van der Waals surface area contributed by atoms with Gasteiger partial charge in [0.25, 0.3) is 0 Å². The van der Waals surface area contributed by atoms with Crippen molar-refractivity contribution < 1.29 is 27.9 Å². The van der Waals surface area contributed by atoms with Crippen molar-refractivity contribution in [3.63, 3.8) is 0 Å². The standard InChI is InChI=1S/C28H31ClF3N3O3/c1-26(2,3)12-20-28(15-8-17(30)18(31)9-19(15)34-25(28)37)21(14-6-5-7-16(29)22(14)32)23(35-20)24(36)33-13-10-27(4,38)11-13/h5-9,13,20-21,23,35,38H,10-12H2,1-4H3,(H,33,36)(H,34,37)/t13?,20-,21-,23+,27?,28+/m0/s1. The highest BCUT2D eigenvalue weighted by Crippen LogP contribution is 2.57. The molecule has 1 spiro atoms. The number of amides is 2. The average molecular weight is 550 g/mol. The highest BCUT2D eigenvalue weighted by Gasteiger charge is 2.66. The number of aliphatic hydroxyl groups is 1. The van der Waals surface area contributed by atoms with Crippen LogP contribution in [0.2, 0.25) is 5.02 Å². The van der Waals surface area contributed by atoms with E-state index in [2.05, 4.69) is 16.0 Å². The van der Waals surface area contributed by atoms with E-state index >= 15 is 4.39 Å². The van der Waals surface area contributed by atoms with Crippen molar-refractivity contribution in [2.75, 3.05) is 5.32 Å². The molecule has 2 amide bonds. The molecule has 2 aromatic rings. The number of benzene rings is 2. The fraction of sp³-hybridized carbons (Fsp3) is 0.500. The van der Waals surface area contributed by atoms with Gasteiger partial charge in [-0.05, 0) is 54.9 Å². The van der Waals surface area contributed by atoms with Crippen molar-refractivity contribution in [3.05, 3.63) is 63.9 Å². The average Bonchev–Trinajstić information content (AvgIpc) is 3.24. The van der Waals surface area contributed by atoms with Crippen molar-refractivity contribution in [1.29, 1.82) is 0 Å². The molecular weight excluding hydrogens is 519 g/mol. The molecule has 4 atom stereocenters. The van der Waals surface area contributed by atoms with E-state index in [-0.39, 0.29) is 33.3 Å². The van der Waals surface area contributed by atoms with Crippen LogP contribution in [0.25, 0.3) is 0 Å². The molecule has 2 aliphatic heterocycles. The van der Waals surface area contributed by atoms with E-state index in [1.807, 2.05) is 20.8 Å². The Morgan fingerprint density at radius 3 is 2.47 bits per heavy atom. The van der Waals surface area contributed by atoms with E-state index in [0.717, 1.165) is 12.1 Å². The molecule has 4 N–H and O–H groups in total. The Bertz CT molecular complexity index is 1320. The van der Waals surface area contributed by atoms with Crippen molar-refractivity contribution in [1.82, 2.24) is 10.6 Å². The van der Waals surface area contributed by atoms with Crippen LogP contribution < -0.4 is 16.0 Å². The van der Waals surface area contributed by atoms with Gasteiger partial charge in [0.2, 0.25) is 11.8 Å². The van der Waals surface area contributed by atoms with Crippen LogP contribution in [-0.2, 0) is 15.0 Å². The summed E-state index contributed by atoms with van der Waals surface area (Å²) in [6, 6.07) is 4.11. The van der Waals surface area contributed by atoms with Crippen LogP contribution in [0.1, 0.15) is 64.0 Å². The van der Waals surface area contributed by atoms with Crippen LogP contribution in [0, 0.1) is 22.9 Å². The summed E-state index contributed by atoms with van der Waals surface area (Å²) in [5, 5.41) is 18.8. The van der Waals surface area contributed by atoms with E-state index in [1.165, 1.54) is 18.2 Å². The van der Waals surface area contributed by atoms with Gasteiger partial charge in [0, 0.05) is 29.8 Å². The molecule has 0 bridgehead atoms. The number of hydrogen-bond acceptors (Lipinski definition) is 4. The van der Waals surface area contributed by atoms with Gasteiger partial charge >= 0.3 is 0 Å². The summed E-state index contributed by atoms with van der Waals surface area (Å²) in [6.45, 7) is 7.55. The molecule has 0 aromatic heterocycles. The lowest BCUT2D eigenvalue weighted by Gasteiger charge is -2.42. The fourth-order valence-corrected chi connectivity index (χ4v) is 6.74. The summed E-state index contributed by atoms with van der Waals surface area (Å²) in [7, 11) is 0.